The lowest BCUT2D eigenvalue weighted by molar-refractivity contribution is -0.162. The summed E-state index contributed by atoms with van der Waals surface area (Å²) >= 11 is 0. The second kappa shape index (κ2) is 4.29. The fourth-order valence-electron chi connectivity index (χ4n) is 2.26. The number of rotatable bonds is 2. The monoisotopic (exact) mass is 269 g/mol. The van der Waals surface area contributed by atoms with E-state index in [1.807, 2.05) is 0 Å². The van der Waals surface area contributed by atoms with Gasteiger partial charge in [0, 0.05) is 12.0 Å². The standard InChI is InChI=1S/C13H13F2NO3/c1-12(8-4-2-3-5-9(8)14)6-7-13(15,11(18)19)10(17)16-12/h2-5H,6-7H2,1H3,(H,16,17)(H,18,19)/t12-,13?/m0/s1. The zero-order chi connectivity index (χ0) is 14.3. The highest BCUT2D eigenvalue weighted by molar-refractivity contribution is 6.06. The van der Waals surface area contributed by atoms with Crippen molar-refractivity contribution in [2.75, 3.05) is 0 Å². The second-order valence-electron chi connectivity index (χ2n) is 4.87. The number of aliphatic carboxylic acids is 1. The lowest BCUT2D eigenvalue weighted by Crippen LogP contribution is -2.60. The van der Waals surface area contributed by atoms with E-state index in [4.69, 9.17) is 5.11 Å². The van der Waals surface area contributed by atoms with E-state index >= 15 is 0 Å². The molecule has 1 amide bonds. The molecule has 1 aromatic carbocycles. The van der Waals surface area contributed by atoms with Crippen LogP contribution in [0.1, 0.15) is 25.3 Å². The summed E-state index contributed by atoms with van der Waals surface area (Å²) in [6.07, 6.45) is -0.485. The van der Waals surface area contributed by atoms with Gasteiger partial charge in [0.05, 0.1) is 5.54 Å². The van der Waals surface area contributed by atoms with Crippen molar-refractivity contribution in [3.63, 3.8) is 0 Å². The number of hydrogen-bond donors (Lipinski definition) is 2. The lowest BCUT2D eigenvalue weighted by atomic mass is 9.79. The van der Waals surface area contributed by atoms with Gasteiger partial charge in [-0.05, 0) is 19.4 Å². The first kappa shape index (κ1) is 13.5. The topological polar surface area (TPSA) is 66.4 Å². The van der Waals surface area contributed by atoms with E-state index in [1.165, 1.54) is 18.2 Å². The maximum Gasteiger partial charge on any atom is 0.351 e. The Morgan fingerprint density at radius 3 is 2.53 bits per heavy atom. The summed E-state index contributed by atoms with van der Waals surface area (Å²) in [6, 6.07) is 5.83. The predicted molar refractivity (Wildman–Crippen MR) is 62.6 cm³/mol. The molecule has 2 atom stereocenters. The molecule has 0 bridgehead atoms. The minimum atomic E-state index is -2.94. The Labute approximate surface area is 108 Å². The van der Waals surface area contributed by atoms with Crippen molar-refractivity contribution in [3.8, 4) is 0 Å². The molecule has 0 spiro atoms. The van der Waals surface area contributed by atoms with Crippen LogP contribution in [0.25, 0.3) is 0 Å². The van der Waals surface area contributed by atoms with Crippen LogP contribution in [-0.2, 0) is 15.1 Å². The normalized spacial score (nSPS) is 30.8. The van der Waals surface area contributed by atoms with Crippen LogP contribution in [-0.4, -0.2) is 22.7 Å². The molecule has 1 heterocycles. The lowest BCUT2D eigenvalue weighted by Gasteiger charge is -2.39. The van der Waals surface area contributed by atoms with E-state index in [1.54, 1.807) is 13.0 Å². The zero-order valence-corrected chi connectivity index (χ0v) is 10.2. The highest BCUT2D eigenvalue weighted by Gasteiger charge is 2.54. The first-order chi connectivity index (χ1) is 8.79. The van der Waals surface area contributed by atoms with Crippen molar-refractivity contribution in [2.45, 2.75) is 31.0 Å². The van der Waals surface area contributed by atoms with Crippen molar-refractivity contribution < 1.29 is 23.5 Å². The number of hydrogen-bond acceptors (Lipinski definition) is 2. The molecular weight excluding hydrogens is 256 g/mol. The van der Waals surface area contributed by atoms with Crippen LogP contribution in [0.3, 0.4) is 0 Å². The number of carbonyl (C=O) groups excluding carboxylic acids is 1. The van der Waals surface area contributed by atoms with Crippen LogP contribution in [0.5, 0.6) is 0 Å². The first-order valence-corrected chi connectivity index (χ1v) is 5.79. The predicted octanol–water partition coefficient (Wildman–Crippen LogP) is 1.74. The maximum atomic E-state index is 13.9. The van der Waals surface area contributed by atoms with Gasteiger partial charge in [0.15, 0.2) is 0 Å². The zero-order valence-electron chi connectivity index (χ0n) is 10.2. The summed E-state index contributed by atoms with van der Waals surface area (Å²) in [5.74, 6) is -3.58. The van der Waals surface area contributed by atoms with Crippen molar-refractivity contribution >= 4 is 11.9 Å². The van der Waals surface area contributed by atoms with Gasteiger partial charge in [0.1, 0.15) is 5.82 Å². The molecule has 4 nitrogen and oxygen atoms in total. The summed E-state index contributed by atoms with van der Waals surface area (Å²) in [5, 5.41) is 11.0. The average molecular weight is 269 g/mol. The fraction of sp³-hybridized carbons (Fsp3) is 0.385. The van der Waals surface area contributed by atoms with Crippen molar-refractivity contribution in [1.82, 2.24) is 5.32 Å². The Morgan fingerprint density at radius 2 is 2.00 bits per heavy atom. The number of benzene rings is 1. The van der Waals surface area contributed by atoms with Gasteiger partial charge in [-0.25, -0.2) is 13.6 Å². The van der Waals surface area contributed by atoms with E-state index in [-0.39, 0.29) is 12.0 Å². The second-order valence-corrected chi connectivity index (χ2v) is 4.87. The number of carbonyl (C=O) groups is 2. The molecule has 0 aliphatic carbocycles. The van der Waals surface area contributed by atoms with E-state index in [0.29, 0.717) is 0 Å². The van der Waals surface area contributed by atoms with Crippen LogP contribution in [0.4, 0.5) is 8.78 Å². The van der Waals surface area contributed by atoms with Crippen molar-refractivity contribution in [1.29, 1.82) is 0 Å². The Hall–Kier alpha value is -1.98. The van der Waals surface area contributed by atoms with Crippen LogP contribution >= 0.6 is 0 Å². The maximum absolute atomic E-state index is 13.9. The summed E-state index contributed by atoms with van der Waals surface area (Å²) in [7, 11) is 0. The summed E-state index contributed by atoms with van der Waals surface area (Å²) in [4.78, 5) is 22.5. The number of piperidine rings is 1. The van der Waals surface area contributed by atoms with Gasteiger partial charge in [-0.1, -0.05) is 18.2 Å². The first-order valence-electron chi connectivity index (χ1n) is 5.79. The third kappa shape index (κ3) is 2.07. The Balaban J connectivity index is 2.34. The molecule has 1 fully saturated rings. The number of carboxylic acid groups (broad SMARTS) is 1. The van der Waals surface area contributed by atoms with Gasteiger partial charge >= 0.3 is 5.97 Å². The SMILES string of the molecule is C[C@@]1(c2ccccc2F)CCC(F)(C(=O)O)C(=O)N1. The van der Waals surface area contributed by atoms with Gasteiger partial charge in [-0.15, -0.1) is 0 Å². The summed E-state index contributed by atoms with van der Waals surface area (Å²) in [5.41, 5.74) is -3.83. The largest absolute Gasteiger partial charge is 0.478 e. The molecule has 1 saturated heterocycles. The Bertz CT molecular complexity index is 548. The number of alkyl halides is 1. The highest BCUT2D eigenvalue weighted by atomic mass is 19.1. The quantitative estimate of drug-likeness (QED) is 0.804. The Morgan fingerprint density at radius 1 is 1.37 bits per heavy atom. The minimum absolute atomic E-state index is 0.00245. The molecule has 6 heteroatoms. The molecule has 0 saturated carbocycles. The average Bonchev–Trinajstić information content (AvgIpc) is 2.34. The van der Waals surface area contributed by atoms with Gasteiger partial charge in [-0.2, -0.15) is 0 Å². The third-order valence-electron chi connectivity index (χ3n) is 3.53. The van der Waals surface area contributed by atoms with Gasteiger partial charge < -0.3 is 10.4 Å². The van der Waals surface area contributed by atoms with E-state index in [0.717, 1.165) is 0 Å². The van der Waals surface area contributed by atoms with Crippen LogP contribution in [0.2, 0.25) is 0 Å². The molecule has 0 radical (unpaired) electrons. The van der Waals surface area contributed by atoms with Crippen molar-refractivity contribution in [3.05, 3.63) is 35.6 Å². The van der Waals surface area contributed by atoms with Crippen LogP contribution in [0.15, 0.2) is 24.3 Å². The number of carboxylic acids is 1. The summed E-state index contributed by atoms with van der Waals surface area (Å²) in [6.45, 7) is 1.55. The number of halogens is 2. The molecule has 1 unspecified atom stereocenters. The fourth-order valence-corrected chi connectivity index (χ4v) is 2.26. The van der Waals surface area contributed by atoms with E-state index < -0.39 is 35.3 Å². The molecule has 102 valence electrons. The van der Waals surface area contributed by atoms with Gasteiger partial charge in [0.25, 0.3) is 11.6 Å². The van der Waals surface area contributed by atoms with Gasteiger partial charge in [0.2, 0.25) is 0 Å². The highest BCUT2D eigenvalue weighted by Crippen LogP contribution is 2.37. The van der Waals surface area contributed by atoms with Crippen LogP contribution in [0, 0.1) is 5.82 Å². The minimum Gasteiger partial charge on any atom is -0.478 e. The summed E-state index contributed by atoms with van der Waals surface area (Å²) < 4.78 is 27.7. The van der Waals surface area contributed by atoms with Gasteiger partial charge in [-0.3, -0.25) is 4.79 Å². The molecule has 0 aromatic heterocycles. The number of amides is 1. The molecule has 1 aliphatic rings. The Kier molecular flexibility index (Phi) is 3.04. The molecular formula is C13H13F2NO3. The number of nitrogens with one attached hydrogen (secondary N) is 1. The molecule has 2 rings (SSSR count). The molecule has 1 aliphatic heterocycles. The third-order valence-corrected chi connectivity index (χ3v) is 3.53. The molecule has 2 N–H and O–H groups in total. The smallest absolute Gasteiger partial charge is 0.351 e. The molecule has 1 aromatic rings. The van der Waals surface area contributed by atoms with Crippen molar-refractivity contribution in [2.24, 2.45) is 0 Å². The van der Waals surface area contributed by atoms with E-state index in [2.05, 4.69) is 5.32 Å². The molecule has 19 heavy (non-hydrogen) atoms. The van der Waals surface area contributed by atoms with Crippen LogP contribution < -0.4 is 5.32 Å². The van der Waals surface area contributed by atoms with E-state index in [9.17, 15) is 18.4 Å².